The number of amides is 1. The molecule has 4 aromatic rings. The number of aryl methyl sites for hydroxylation is 1. The van der Waals surface area contributed by atoms with E-state index in [9.17, 15) is 18.0 Å². The van der Waals surface area contributed by atoms with Crippen LogP contribution in [0.5, 0.6) is 0 Å². The van der Waals surface area contributed by atoms with Crippen molar-refractivity contribution >= 4 is 34.3 Å². The SMILES string of the molecule is Cn1cc(C(=O)Nc2cccc(C(F)(F)F)c2)c2c(SCc3ccncc3)cccc21. The van der Waals surface area contributed by atoms with Crippen LogP contribution in [0.3, 0.4) is 0 Å². The van der Waals surface area contributed by atoms with Gasteiger partial charge in [0.2, 0.25) is 0 Å². The lowest BCUT2D eigenvalue weighted by atomic mass is 10.1. The standard InChI is InChI=1S/C23H18F3N3OS/c1-29-13-18(22(30)28-17-5-2-4-16(12-17)23(24,25)26)21-19(29)6-3-7-20(21)31-14-15-8-10-27-11-9-15/h2-13H,14H2,1H3,(H,28,30). The van der Waals surface area contributed by atoms with E-state index in [0.29, 0.717) is 11.3 Å². The van der Waals surface area contributed by atoms with Crippen LogP contribution in [0, 0.1) is 0 Å². The van der Waals surface area contributed by atoms with E-state index < -0.39 is 17.6 Å². The summed E-state index contributed by atoms with van der Waals surface area (Å²) >= 11 is 1.59. The Kier molecular flexibility index (Phi) is 5.73. The van der Waals surface area contributed by atoms with E-state index in [-0.39, 0.29) is 5.69 Å². The number of carbonyl (C=O) groups is 1. The van der Waals surface area contributed by atoms with E-state index >= 15 is 0 Å². The van der Waals surface area contributed by atoms with Crippen molar-refractivity contribution in [3.63, 3.8) is 0 Å². The van der Waals surface area contributed by atoms with Gasteiger partial charge in [0, 0.05) is 52.9 Å². The van der Waals surface area contributed by atoms with Crippen molar-refractivity contribution in [3.8, 4) is 0 Å². The summed E-state index contributed by atoms with van der Waals surface area (Å²) in [5.74, 6) is 0.243. The normalized spacial score (nSPS) is 11.6. The molecular weight excluding hydrogens is 423 g/mol. The highest BCUT2D eigenvalue weighted by atomic mass is 32.2. The summed E-state index contributed by atoms with van der Waals surface area (Å²) in [4.78, 5) is 17.9. The fourth-order valence-corrected chi connectivity index (χ4v) is 4.36. The summed E-state index contributed by atoms with van der Waals surface area (Å²) in [7, 11) is 1.83. The number of hydrogen-bond donors (Lipinski definition) is 1. The van der Waals surface area contributed by atoms with E-state index in [4.69, 9.17) is 0 Å². The highest BCUT2D eigenvalue weighted by Gasteiger charge is 2.30. The van der Waals surface area contributed by atoms with E-state index in [1.165, 1.54) is 12.1 Å². The first-order chi connectivity index (χ1) is 14.8. The van der Waals surface area contributed by atoms with Gasteiger partial charge >= 0.3 is 6.18 Å². The zero-order valence-electron chi connectivity index (χ0n) is 16.5. The molecule has 31 heavy (non-hydrogen) atoms. The second-order valence-electron chi connectivity index (χ2n) is 6.98. The van der Waals surface area contributed by atoms with Crippen LogP contribution in [-0.2, 0) is 19.0 Å². The monoisotopic (exact) mass is 441 g/mol. The van der Waals surface area contributed by atoms with Gasteiger partial charge in [0.1, 0.15) is 0 Å². The van der Waals surface area contributed by atoms with Crippen LogP contribution in [0.15, 0.2) is 78.1 Å². The smallest absolute Gasteiger partial charge is 0.350 e. The summed E-state index contributed by atoms with van der Waals surface area (Å²) in [6.07, 6.45) is 0.681. The van der Waals surface area contributed by atoms with E-state index in [1.54, 1.807) is 30.4 Å². The van der Waals surface area contributed by atoms with Crippen molar-refractivity contribution < 1.29 is 18.0 Å². The summed E-state index contributed by atoms with van der Waals surface area (Å²) in [6.45, 7) is 0. The van der Waals surface area contributed by atoms with Crippen LogP contribution in [0.1, 0.15) is 21.5 Å². The molecule has 158 valence electrons. The Morgan fingerprint density at radius 2 is 1.84 bits per heavy atom. The summed E-state index contributed by atoms with van der Waals surface area (Å²) in [5, 5.41) is 3.38. The molecule has 0 fully saturated rings. The molecule has 2 aromatic heterocycles. The van der Waals surface area contributed by atoms with Crippen molar-refractivity contribution in [2.24, 2.45) is 7.05 Å². The van der Waals surface area contributed by atoms with Gasteiger partial charge in [0.15, 0.2) is 0 Å². The molecule has 1 amide bonds. The van der Waals surface area contributed by atoms with Gasteiger partial charge in [-0.3, -0.25) is 9.78 Å². The Morgan fingerprint density at radius 1 is 1.10 bits per heavy atom. The van der Waals surface area contributed by atoms with E-state index in [1.807, 2.05) is 41.9 Å². The predicted octanol–water partition coefficient (Wildman–Crippen LogP) is 6.14. The van der Waals surface area contributed by atoms with Crippen LogP contribution in [0.2, 0.25) is 0 Å². The van der Waals surface area contributed by atoms with Crippen LogP contribution >= 0.6 is 11.8 Å². The maximum atomic E-state index is 13.0. The Labute approximate surface area is 181 Å². The molecule has 0 atom stereocenters. The number of carbonyl (C=O) groups excluding carboxylic acids is 1. The molecule has 0 bridgehead atoms. The number of benzene rings is 2. The second-order valence-corrected chi connectivity index (χ2v) is 8.00. The summed E-state index contributed by atoms with van der Waals surface area (Å²) in [6, 6.07) is 14.3. The lowest BCUT2D eigenvalue weighted by Gasteiger charge is -2.10. The molecule has 2 aromatic carbocycles. The van der Waals surface area contributed by atoms with Crippen molar-refractivity contribution in [3.05, 3.63) is 89.9 Å². The number of alkyl halides is 3. The lowest BCUT2D eigenvalue weighted by Crippen LogP contribution is -2.13. The predicted molar refractivity (Wildman–Crippen MR) is 116 cm³/mol. The van der Waals surface area contributed by atoms with Gasteiger partial charge in [0.05, 0.1) is 11.1 Å². The molecule has 0 spiro atoms. The number of halogens is 3. The van der Waals surface area contributed by atoms with E-state index in [2.05, 4.69) is 10.3 Å². The minimum absolute atomic E-state index is 0.0961. The first-order valence-corrected chi connectivity index (χ1v) is 10.4. The lowest BCUT2D eigenvalue weighted by molar-refractivity contribution is -0.137. The average Bonchev–Trinajstić information content (AvgIpc) is 3.10. The minimum Gasteiger partial charge on any atom is -0.350 e. The topological polar surface area (TPSA) is 46.9 Å². The average molecular weight is 441 g/mol. The zero-order chi connectivity index (χ0) is 22.0. The third-order valence-electron chi connectivity index (χ3n) is 4.81. The maximum Gasteiger partial charge on any atom is 0.416 e. The number of anilines is 1. The van der Waals surface area contributed by atoms with Gasteiger partial charge in [0.25, 0.3) is 5.91 Å². The number of rotatable bonds is 5. The van der Waals surface area contributed by atoms with Gasteiger partial charge in [-0.2, -0.15) is 13.2 Å². The van der Waals surface area contributed by atoms with Gasteiger partial charge in [-0.15, -0.1) is 11.8 Å². The van der Waals surface area contributed by atoms with Crippen molar-refractivity contribution in [2.45, 2.75) is 16.8 Å². The maximum absolute atomic E-state index is 13.0. The number of thioether (sulfide) groups is 1. The Balaban J connectivity index is 1.65. The highest BCUT2D eigenvalue weighted by Crippen LogP contribution is 2.34. The molecule has 1 N–H and O–H groups in total. The third kappa shape index (κ3) is 4.59. The number of hydrogen-bond acceptors (Lipinski definition) is 3. The summed E-state index contributed by atoms with van der Waals surface area (Å²) in [5.41, 5.74) is 1.67. The zero-order valence-corrected chi connectivity index (χ0v) is 17.3. The fourth-order valence-electron chi connectivity index (χ4n) is 3.32. The fraction of sp³-hybridized carbons (Fsp3) is 0.130. The van der Waals surface area contributed by atoms with Gasteiger partial charge in [-0.1, -0.05) is 12.1 Å². The Morgan fingerprint density at radius 3 is 2.58 bits per heavy atom. The van der Waals surface area contributed by atoms with Crippen LogP contribution in [0.25, 0.3) is 10.9 Å². The molecule has 8 heteroatoms. The Bertz CT molecular complexity index is 1240. The van der Waals surface area contributed by atoms with Crippen molar-refractivity contribution in [1.82, 2.24) is 9.55 Å². The molecule has 0 unspecified atom stereocenters. The first kappa shape index (κ1) is 21.0. The second kappa shape index (κ2) is 8.47. The molecule has 0 aliphatic carbocycles. The number of nitrogens with one attached hydrogen (secondary N) is 1. The molecule has 0 aliphatic rings. The van der Waals surface area contributed by atoms with Crippen LogP contribution < -0.4 is 5.32 Å². The molecule has 0 saturated carbocycles. The van der Waals surface area contributed by atoms with Gasteiger partial charge < -0.3 is 9.88 Å². The Hall–Kier alpha value is -3.26. The van der Waals surface area contributed by atoms with Gasteiger partial charge in [-0.25, -0.2) is 0 Å². The minimum atomic E-state index is -4.48. The number of nitrogens with zero attached hydrogens (tertiary/aromatic N) is 2. The van der Waals surface area contributed by atoms with E-state index in [0.717, 1.165) is 33.5 Å². The first-order valence-electron chi connectivity index (χ1n) is 9.41. The van der Waals surface area contributed by atoms with Crippen LogP contribution in [-0.4, -0.2) is 15.5 Å². The van der Waals surface area contributed by atoms with Crippen molar-refractivity contribution in [1.29, 1.82) is 0 Å². The molecule has 4 nitrogen and oxygen atoms in total. The number of pyridine rings is 1. The molecule has 0 radical (unpaired) electrons. The molecule has 4 rings (SSSR count). The molecule has 0 saturated heterocycles. The molecule has 0 aliphatic heterocycles. The third-order valence-corrected chi connectivity index (χ3v) is 5.94. The number of fused-ring (bicyclic) bond motifs is 1. The van der Waals surface area contributed by atoms with Gasteiger partial charge in [-0.05, 0) is 48.0 Å². The number of aromatic nitrogens is 2. The molecule has 2 heterocycles. The highest BCUT2D eigenvalue weighted by molar-refractivity contribution is 7.98. The van der Waals surface area contributed by atoms with Crippen molar-refractivity contribution in [2.75, 3.05) is 5.32 Å². The summed E-state index contributed by atoms with van der Waals surface area (Å²) < 4.78 is 40.8. The van der Waals surface area contributed by atoms with Crippen LogP contribution in [0.4, 0.5) is 18.9 Å². The largest absolute Gasteiger partial charge is 0.416 e. The quantitative estimate of drug-likeness (QED) is 0.379. The molecular formula is C23H18F3N3OS.